The summed E-state index contributed by atoms with van der Waals surface area (Å²) in [7, 11) is 0. The Bertz CT molecular complexity index is 312. The van der Waals surface area contributed by atoms with Crippen molar-refractivity contribution in [2.24, 2.45) is 11.8 Å². The molecule has 0 bridgehead atoms. The smallest absolute Gasteiger partial charge is 0.119 e. The fourth-order valence-electron chi connectivity index (χ4n) is 3.08. The molecule has 1 saturated carbocycles. The lowest BCUT2D eigenvalue weighted by molar-refractivity contribution is 0.212. The van der Waals surface area contributed by atoms with Crippen LogP contribution in [0.4, 0.5) is 0 Å². The van der Waals surface area contributed by atoms with Crippen molar-refractivity contribution in [1.82, 2.24) is 0 Å². The van der Waals surface area contributed by atoms with Gasteiger partial charge in [0.2, 0.25) is 0 Å². The Morgan fingerprint density at radius 3 is 2.17 bits per heavy atom. The molecule has 100 valence electrons. The zero-order valence-corrected chi connectivity index (χ0v) is 11.6. The molecule has 0 radical (unpaired) electrons. The summed E-state index contributed by atoms with van der Waals surface area (Å²) in [6.07, 6.45) is 9.76. The molecule has 0 unspecified atom stereocenters. The Kier molecular flexibility index (Phi) is 5.57. The van der Waals surface area contributed by atoms with Gasteiger partial charge >= 0.3 is 0 Å². The summed E-state index contributed by atoms with van der Waals surface area (Å²) in [5, 5.41) is 0. The standard InChI is InChI=1S/C17H26O/c1-2-6-15-9-11-16(12-10-15)13-14-18-17-7-4-3-5-8-17/h3-5,7-8,15-16H,2,6,9-14H2,1H3. The van der Waals surface area contributed by atoms with Gasteiger partial charge in [-0.05, 0) is 30.4 Å². The van der Waals surface area contributed by atoms with Crippen molar-refractivity contribution in [3.05, 3.63) is 30.3 Å². The minimum absolute atomic E-state index is 0.882. The normalized spacial score (nSPS) is 23.8. The molecule has 1 nitrogen and oxygen atoms in total. The fraction of sp³-hybridized carbons (Fsp3) is 0.647. The number of hydrogen-bond acceptors (Lipinski definition) is 1. The van der Waals surface area contributed by atoms with Gasteiger partial charge in [-0.1, -0.05) is 63.6 Å². The van der Waals surface area contributed by atoms with E-state index in [9.17, 15) is 0 Å². The molecule has 2 rings (SSSR count). The number of ether oxygens (including phenoxy) is 1. The molecule has 1 aromatic carbocycles. The summed E-state index contributed by atoms with van der Waals surface area (Å²) in [5.74, 6) is 2.93. The molecule has 1 aliphatic carbocycles. The highest BCUT2D eigenvalue weighted by Gasteiger charge is 2.20. The molecule has 0 N–H and O–H groups in total. The summed E-state index contributed by atoms with van der Waals surface area (Å²) >= 11 is 0. The highest BCUT2D eigenvalue weighted by atomic mass is 16.5. The Balaban J connectivity index is 1.61. The van der Waals surface area contributed by atoms with Gasteiger partial charge in [-0.2, -0.15) is 0 Å². The van der Waals surface area contributed by atoms with Crippen molar-refractivity contribution in [2.45, 2.75) is 51.9 Å². The lowest BCUT2D eigenvalue weighted by Gasteiger charge is -2.28. The third kappa shape index (κ3) is 4.36. The van der Waals surface area contributed by atoms with Crippen LogP contribution >= 0.6 is 0 Å². The predicted octanol–water partition coefficient (Wildman–Crippen LogP) is 5.06. The van der Waals surface area contributed by atoms with E-state index in [0.717, 1.165) is 24.2 Å². The van der Waals surface area contributed by atoms with Gasteiger partial charge < -0.3 is 4.74 Å². The minimum Gasteiger partial charge on any atom is -0.494 e. The first-order valence-corrected chi connectivity index (χ1v) is 7.56. The van der Waals surface area contributed by atoms with Crippen LogP contribution in [0.3, 0.4) is 0 Å². The fourth-order valence-corrected chi connectivity index (χ4v) is 3.08. The first-order chi connectivity index (χ1) is 8.88. The summed E-state index contributed by atoms with van der Waals surface area (Å²) in [5.41, 5.74) is 0. The zero-order chi connectivity index (χ0) is 12.6. The second kappa shape index (κ2) is 7.45. The van der Waals surface area contributed by atoms with Crippen LogP contribution in [0.2, 0.25) is 0 Å². The van der Waals surface area contributed by atoms with Gasteiger partial charge in [0.05, 0.1) is 6.61 Å². The van der Waals surface area contributed by atoms with E-state index < -0.39 is 0 Å². The van der Waals surface area contributed by atoms with E-state index in [1.165, 1.54) is 44.9 Å². The zero-order valence-electron chi connectivity index (χ0n) is 11.6. The van der Waals surface area contributed by atoms with E-state index >= 15 is 0 Å². The predicted molar refractivity (Wildman–Crippen MR) is 76.9 cm³/mol. The molecule has 0 saturated heterocycles. The van der Waals surface area contributed by atoms with E-state index in [0.29, 0.717) is 0 Å². The lowest BCUT2D eigenvalue weighted by Crippen LogP contribution is -2.16. The van der Waals surface area contributed by atoms with E-state index in [-0.39, 0.29) is 0 Å². The van der Waals surface area contributed by atoms with Crippen LogP contribution in [0.1, 0.15) is 51.9 Å². The first-order valence-electron chi connectivity index (χ1n) is 7.56. The van der Waals surface area contributed by atoms with E-state index in [2.05, 4.69) is 6.92 Å². The van der Waals surface area contributed by atoms with Crippen molar-refractivity contribution >= 4 is 0 Å². The van der Waals surface area contributed by atoms with Gasteiger partial charge in [-0.15, -0.1) is 0 Å². The maximum atomic E-state index is 5.78. The van der Waals surface area contributed by atoms with Gasteiger partial charge in [-0.3, -0.25) is 0 Å². The van der Waals surface area contributed by atoms with Gasteiger partial charge in [0, 0.05) is 0 Å². The third-order valence-electron chi connectivity index (χ3n) is 4.20. The number of rotatable bonds is 6. The highest BCUT2D eigenvalue weighted by molar-refractivity contribution is 5.20. The third-order valence-corrected chi connectivity index (χ3v) is 4.20. The van der Waals surface area contributed by atoms with Crippen LogP contribution < -0.4 is 4.74 Å². The second-order valence-corrected chi connectivity index (χ2v) is 5.63. The highest BCUT2D eigenvalue weighted by Crippen LogP contribution is 2.33. The molecule has 1 aromatic rings. The van der Waals surface area contributed by atoms with Crippen molar-refractivity contribution < 1.29 is 4.74 Å². The molecule has 0 atom stereocenters. The number of hydrogen-bond donors (Lipinski definition) is 0. The van der Waals surface area contributed by atoms with Crippen molar-refractivity contribution in [1.29, 1.82) is 0 Å². The van der Waals surface area contributed by atoms with E-state index in [4.69, 9.17) is 4.74 Å². The van der Waals surface area contributed by atoms with Crippen molar-refractivity contribution in [3.8, 4) is 5.75 Å². The van der Waals surface area contributed by atoms with Gasteiger partial charge in [-0.25, -0.2) is 0 Å². The maximum Gasteiger partial charge on any atom is 0.119 e. The largest absolute Gasteiger partial charge is 0.494 e. The van der Waals surface area contributed by atoms with Crippen LogP contribution in [-0.2, 0) is 0 Å². The molecule has 0 aromatic heterocycles. The number of benzene rings is 1. The molecule has 0 amide bonds. The molecule has 0 heterocycles. The van der Waals surface area contributed by atoms with Gasteiger partial charge in [0.1, 0.15) is 5.75 Å². The van der Waals surface area contributed by atoms with E-state index in [1.54, 1.807) is 0 Å². The average molecular weight is 246 g/mol. The first kappa shape index (κ1) is 13.5. The Morgan fingerprint density at radius 2 is 1.56 bits per heavy atom. The quantitative estimate of drug-likeness (QED) is 0.681. The molecule has 1 aliphatic rings. The van der Waals surface area contributed by atoms with Gasteiger partial charge in [0.25, 0.3) is 0 Å². The van der Waals surface area contributed by atoms with Crippen molar-refractivity contribution in [3.63, 3.8) is 0 Å². The van der Waals surface area contributed by atoms with Gasteiger partial charge in [0.15, 0.2) is 0 Å². The average Bonchev–Trinajstić information content (AvgIpc) is 2.42. The molecule has 18 heavy (non-hydrogen) atoms. The van der Waals surface area contributed by atoms with Crippen molar-refractivity contribution in [2.75, 3.05) is 6.61 Å². The lowest BCUT2D eigenvalue weighted by atomic mass is 9.79. The molecular weight excluding hydrogens is 220 g/mol. The maximum absolute atomic E-state index is 5.78. The summed E-state index contributed by atoms with van der Waals surface area (Å²) in [6, 6.07) is 10.2. The van der Waals surface area contributed by atoms with Crippen LogP contribution in [0.25, 0.3) is 0 Å². The van der Waals surface area contributed by atoms with Crippen LogP contribution in [-0.4, -0.2) is 6.61 Å². The summed E-state index contributed by atoms with van der Waals surface area (Å²) in [4.78, 5) is 0. The molecule has 1 heteroatoms. The van der Waals surface area contributed by atoms with Crippen LogP contribution in [0.5, 0.6) is 5.75 Å². The molecule has 1 fully saturated rings. The second-order valence-electron chi connectivity index (χ2n) is 5.63. The summed E-state index contributed by atoms with van der Waals surface area (Å²) < 4.78 is 5.78. The Labute approximate surface area is 112 Å². The molecule has 0 aliphatic heterocycles. The SMILES string of the molecule is CCCC1CCC(CCOc2ccccc2)CC1. The number of para-hydroxylation sites is 1. The molecule has 0 spiro atoms. The topological polar surface area (TPSA) is 9.23 Å². The van der Waals surface area contributed by atoms with Crippen LogP contribution in [0.15, 0.2) is 30.3 Å². The van der Waals surface area contributed by atoms with Crippen LogP contribution in [0, 0.1) is 11.8 Å². The molecular formula is C17H26O. The Morgan fingerprint density at radius 1 is 0.944 bits per heavy atom. The Hall–Kier alpha value is -0.980. The summed E-state index contributed by atoms with van der Waals surface area (Å²) in [6.45, 7) is 3.19. The minimum atomic E-state index is 0.882. The monoisotopic (exact) mass is 246 g/mol. The van der Waals surface area contributed by atoms with E-state index in [1.807, 2.05) is 30.3 Å².